The van der Waals surface area contributed by atoms with Crippen LogP contribution >= 0.6 is 11.6 Å². The van der Waals surface area contributed by atoms with Crippen LogP contribution in [0.25, 0.3) is 11.3 Å². The molecule has 2 N–H and O–H groups in total. The number of rotatable bonds is 4. The number of aromatic nitrogens is 2. The highest BCUT2D eigenvalue weighted by Crippen LogP contribution is 2.26. The molecule has 0 spiro atoms. The Bertz CT molecular complexity index is 809. The number of hydrazone groups is 1. The fraction of sp³-hybridized carbons (Fsp3) is 0. The summed E-state index contributed by atoms with van der Waals surface area (Å²) < 4.78 is 5.06. The van der Waals surface area contributed by atoms with Gasteiger partial charge in [0.2, 0.25) is 0 Å². The summed E-state index contributed by atoms with van der Waals surface area (Å²) >= 11 is 6.10. The van der Waals surface area contributed by atoms with Gasteiger partial charge in [0.1, 0.15) is 11.5 Å². The molecule has 0 radical (unpaired) electrons. The molecule has 0 aliphatic rings. The molecule has 0 atom stereocenters. The van der Waals surface area contributed by atoms with Gasteiger partial charge in [0, 0.05) is 5.56 Å². The zero-order valence-electron chi connectivity index (χ0n) is 11.3. The van der Waals surface area contributed by atoms with Crippen LogP contribution in [0.1, 0.15) is 16.2 Å². The van der Waals surface area contributed by atoms with E-state index in [1.807, 2.05) is 18.2 Å². The molecule has 3 aromatic rings. The van der Waals surface area contributed by atoms with Crippen LogP contribution in [0.15, 0.2) is 58.2 Å². The van der Waals surface area contributed by atoms with E-state index in [0.717, 1.165) is 5.56 Å². The lowest BCUT2D eigenvalue weighted by molar-refractivity contribution is 0.0950. The molecule has 3 rings (SSSR count). The number of carbonyl (C=O) groups is 1. The van der Waals surface area contributed by atoms with Gasteiger partial charge in [-0.3, -0.25) is 9.89 Å². The molecule has 6 nitrogen and oxygen atoms in total. The maximum atomic E-state index is 11.9. The number of carbonyl (C=O) groups excluding carboxylic acids is 1. The van der Waals surface area contributed by atoms with Gasteiger partial charge < -0.3 is 4.42 Å². The summed E-state index contributed by atoms with van der Waals surface area (Å²) in [5, 5.41) is 11.1. The monoisotopic (exact) mass is 314 g/mol. The average Bonchev–Trinajstić information content (AvgIpc) is 3.19. The Morgan fingerprint density at radius 1 is 1.32 bits per heavy atom. The second kappa shape index (κ2) is 6.28. The van der Waals surface area contributed by atoms with Crippen molar-refractivity contribution in [1.29, 1.82) is 0 Å². The summed E-state index contributed by atoms with van der Waals surface area (Å²) in [4.78, 5) is 11.9. The van der Waals surface area contributed by atoms with Crippen molar-refractivity contribution in [3.8, 4) is 11.3 Å². The minimum atomic E-state index is -0.409. The van der Waals surface area contributed by atoms with Gasteiger partial charge >= 0.3 is 0 Å². The number of halogens is 1. The van der Waals surface area contributed by atoms with Crippen molar-refractivity contribution in [3.05, 3.63) is 65.2 Å². The smallest absolute Gasteiger partial charge is 0.289 e. The molecule has 0 aliphatic heterocycles. The van der Waals surface area contributed by atoms with Crippen molar-refractivity contribution in [1.82, 2.24) is 15.6 Å². The lowest BCUT2D eigenvalue weighted by atomic mass is 10.1. The van der Waals surface area contributed by atoms with Crippen LogP contribution < -0.4 is 5.43 Å². The number of hydrogen-bond acceptors (Lipinski definition) is 4. The number of hydrogen-bond donors (Lipinski definition) is 2. The second-order valence-electron chi connectivity index (χ2n) is 4.36. The molecule has 110 valence electrons. The number of H-pyrrole nitrogens is 1. The lowest BCUT2D eigenvalue weighted by Crippen LogP contribution is -2.17. The Kier molecular flexibility index (Phi) is 4.02. The molecule has 22 heavy (non-hydrogen) atoms. The summed E-state index contributed by atoms with van der Waals surface area (Å²) in [5.74, 6) is 0.135. The van der Waals surface area contributed by atoms with Crippen molar-refractivity contribution < 1.29 is 9.21 Å². The van der Waals surface area contributed by atoms with E-state index in [2.05, 4.69) is 20.7 Å². The first-order chi connectivity index (χ1) is 10.7. The van der Waals surface area contributed by atoms with E-state index in [9.17, 15) is 4.79 Å². The highest BCUT2D eigenvalue weighted by molar-refractivity contribution is 6.33. The van der Waals surface area contributed by atoms with Crippen molar-refractivity contribution in [2.75, 3.05) is 0 Å². The van der Waals surface area contributed by atoms with Crippen LogP contribution in [-0.2, 0) is 0 Å². The van der Waals surface area contributed by atoms with E-state index in [1.165, 1.54) is 12.5 Å². The molecule has 1 aromatic carbocycles. The van der Waals surface area contributed by atoms with Crippen LogP contribution in [-0.4, -0.2) is 22.3 Å². The molecule has 1 amide bonds. The van der Waals surface area contributed by atoms with E-state index in [-0.39, 0.29) is 5.69 Å². The average molecular weight is 315 g/mol. The van der Waals surface area contributed by atoms with Gasteiger partial charge in [-0.15, -0.1) is 0 Å². The van der Waals surface area contributed by atoms with Crippen LogP contribution in [0.5, 0.6) is 0 Å². The number of nitrogens with zero attached hydrogens (tertiary/aromatic N) is 2. The Morgan fingerprint density at radius 3 is 2.95 bits per heavy atom. The summed E-state index contributed by atoms with van der Waals surface area (Å²) in [5.41, 5.74) is 4.00. The SMILES string of the molecule is O=C(N/N=C/c1ccco1)c1cc(-c2ccccc2Cl)n[nH]1. The fourth-order valence-electron chi connectivity index (χ4n) is 1.82. The molecule has 0 fully saturated rings. The van der Waals surface area contributed by atoms with Crippen LogP contribution in [0, 0.1) is 0 Å². The normalized spacial score (nSPS) is 11.0. The molecule has 0 bridgehead atoms. The Balaban J connectivity index is 1.71. The van der Waals surface area contributed by atoms with E-state index in [0.29, 0.717) is 16.5 Å². The molecule has 0 unspecified atom stereocenters. The third-order valence-electron chi connectivity index (χ3n) is 2.87. The van der Waals surface area contributed by atoms with Crippen molar-refractivity contribution >= 4 is 23.7 Å². The molecular weight excluding hydrogens is 304 g/mol. The molecule has 2 heterocycles. The highest BCUT2D eigenvalue weighted by Gasteiger charge is 2.12. The predicted molar refractivity (Wildman–Crippen MR) is 82.8 cm³/mol. The van der Waals surface area contributed by atoms with E-state index < -0.39 is 5.91 Å². The molecule has 7 heteroatoms. The minimum Gasteiger partial charge on any atom is -0.463 e. The van der Waals surface area contributed by atoms with E-state index in [4.69, 9.17) is 16.0 Å². The van der Waals surface area contributed by atoms with Gasteiger partial charge in [-0.25, -0.2) is 5.43 Å². The molecular formula is C15H11ClN4O2. The summed E-state index contributed by atoms with van der Waals surface area (Å²) in [6.07, 6.45) is 2.93. The summed E-state index contributed by atoms with van der Waals surface area (Å²) in [6.45, 7) is 0. The zero-order chi connectivity index (χ0) is 15.4. The number of nitrogens with one attached hydrogen (secondary N) is 2. The first-order valence-corrected chi connectivity index (χ1v) is 6.79. The highest BCUT2D eigenvalue weighted by atomic mass is 35.5. The minimum absolute atomic E-state index is 0.284. The van der Waals surface area contributed by atoms with Crippen LogP contribution in [0.4, 0.5) is 0 Å². The fourth-order valence-corrected chi connectivity index (χ4v) is 2.06. The topological polar surface area (TPSA) is 83.3 Å². The summed E-state index contributed by atoms with van der Waals surface area (Å²) in [7, 11) is 0. The number of furan rings is 1. The van der Waals surface area contributed by atoms with Crippen LogP contribution in [0.3, 0.4) is 0 Å². The van der Waals surface area contributed by atoms with E-state index in [1.54, 1.807) is 24.3 Å². The molecule has 0 aliphatic carbocycles. The lowest BCUT2D eigenvalue weighted by Gasteiger charge is -1.98. The standard InChI is InChI=1S/C15H11ClN4O2/c16-12-6-2-1-5-11(12)13-8-14(19-18-13)15(21)20-17-9-10-4-3-7-22-10/h1-9H,(H,18,19)(H,20,21)/b17-9+. The zero-order valence-corrected chi connectivity index (χ0v) is 12.0. The maximum absolute atomic E-state index is 11.9. The van der Waals surface area contributed by atoms with E-state index >= 15 is 0 Å². The van der Waals surface area contributed by atoms with Gasteiger partial charge in [-0.1, -0.05) is 29.8 Å². The van der Waals surface area contributed by atoms with Gasteiger partial charge in [-0.2, -0.15) is 10.2 Å². The van der Waals surface area contributed by atoms with Crippen molar-refractivity contribution in [3.63, 3.8) is 0 Å². The largest absolute Gasteiger partial charge is 0.463 e. The van der Waals surface area contributed by atoms with Gasteiger partial charge in [0.05, 0.1) is 23.2 Å². The molecule has 0 saturated carbocycles. The maximum Gasteiger partial charge on any atom is 0.289 e. The first-order valence-electron chi connectivity index (χ1n) is 6.41. The third kappa shape index (κ3) is 3.07. The predicted octanol–water partition coefficient (Wildman–Crippen LogP) is 3.09. The number of benzene rings is 1. The second-order valence-corrected chi connectivity index (χ2v) is 4.77. The van der Waals surface area contributed by atoms with Gasteiger partial charge in [-0.05, 0) is 24.3 Å². The quantitative estimate of drug-likeness (QED) is 0.573. The molecule has 0 saturated heterocycles. The molecule has 2 aromatic heterocycles. The number of aromatic amines is 1. The van der Waals surface area contributed by atoms with Crippen molar-refractivity contribution in [2.45, 2.75) is 0 Å². The van der Waals surface area contributed by atoms with Crippen molar-refractivity contribution in [2.24, 2.45) is 5.10 Å². The van der Waals surface area contributed by atoms with Gasteiger partial charge in [0.25, 0.3) is 5.91 Å². The summed E-state index contributed by atoms with van der Waals surface area (Å²) in [6, 6.07) is 12.3. The Labute approximate surface area is 130 Å². The third-order valence-corrected chi connectivity index (χ3v) is 3.20. The Hall–Kier alpha value is -2.86. The number of amides is 1. The Morgan fingerprint density at radius 2 is 2.18 bits per heavy atom. The first kappa shape index (κ1) is 14.1. The van der Waals surface area contributed by atoms with Gasteiger partial charge in [0.15, 0.2) is 0 Å². The van der Waals surface area contributed by atoms with Crippen LogP contribution in [0.2, 0.25) is 5.02 Å².